The Kier molecular flexibility index (Phi) is 4.88. The Morgan fingerprint density at radius 2 is 1.95 bits per heavy atom. The van der Waals surface area contributed by atoms with Crippen LogP contribution in [0.15, 0.2) is 45.8 Å². The van der Waals surface area contributed by atoms with Crippen molar-refractivity contribution >= 4 is 43.2 Å². The molecule has 0 saturated heterocycles. The van der Waals surface area contributed by atoms with E-state index in [0.717, 1.165) is 6.07 Å². The van der Waals surface area contributed by atoms with Crippen LogP contribution in [-0.4, -0.2) is 8.42 Å². The first kappa shape index (κ1) is 16.2. The van der Waals surface area contributed by atoms with Crippen molar-refractivity contribution in [3.05, 3.63) is 57.3 Å². The van der Waals surface area contributed by atoms with Gasteiger partial charge in [-0.2, -0.15) is 0 Å². The Morgan fingerprint density at radius 3 is 2.62 bits per heavy atom. The first-order valence-corrected chi connectivity index (χ1v) is 8.45. The third-order valence-corrected chi connectivity index (χ3v) is 5.29. The van der Waals surface area contributed by atoms with Gasteiger partial charge in [-0.15, -0.1) is 0 Å². The summed E-state index contributed by atoms with van der Waals surface area (Å²) in [5.74, 6) is -0.714. The van der Waals surface area contributed by atoms with Crippen molar-refractivity contribution in [1.29, 1.82) is 0 Å². The molecule has 0 radical (unpaired) electrons. The SMILES string of the molecule is NCc1ccc(Br)c(S(=O)(=O)Nc2cc(Cl)ccc2F)c1. The van der Waals surface area contributed by atoms with E-state index in [1.54, 1.807) is 12.1 Å². The lowest BCUT2D eigenvalue weighted by Crippen LogP contribution is -2.15. The molecule has 0 aliphatic rings. The molecule has 0 aromatic heterocycles. The zero-order valence-electron chi connectivity index (χ0n) is 10.6. The lowest BCUT2D eigenvalue weighted by Gasteiger charge is -2.11. The van der Waals surface area contributed by atoms with Gasteiger partial charge in [0.25, 0.3) is 10.0 Å². The number of benzene rings is 2. The molecule has 8 heteroatoms. The highest BCUT2D eigenvalue weighted by atomic mass is 79.9. The van der Waals surface area contributed by atoms with Gasteiger partial charge in [0.15, 0.2) is 0 Å². The molecule has 112 valence electrons. The number of anilines is 1. The highest BCUT2D eigenvalue weighted by molar-refractivity contribution is 9.10. The van der Waals surface area contributed by atoms with E-state index in [1.165, 1.54) is 18.2 Å². The van der Waals surface area contributed by atoms with E-state index in [9.17, 15) is 12.8 Å². The van der Waals surface area contributed by atoms with Crippen molar-refractivity contribution in [3.8, 4) is 0 Å². The molecular weight excluding hydrogens is 383 g/mol. The minimum Gasteiger partial charge on any atom is -0.326 e. The van der Waals surface area contributed by atoms with Gasteiger partial charge in [-0.25, -0.2) is 12.8 Å². The van der Waals surface area contributed by atoms with E-state index in [1.807, 2.05) is 0 Å². The van der Waals surface area contributed by atoms with Crippen LogP contribution in [0.1, 0.15) is 5.56 Å². The van der Waals surface area contributed by atoms with Crippen LogP contribution in [0, 0.1) is 5.82 Å². The predicted octanol–water partition coefficient (Wildman–Crippen LogP) is 3.50. The van der Waals surface area contributed by atoms with Crippen LogP contribution in [-0.2, 0) is 16.6 Å². The maximum atomic E-state index is 13.6. The van der Waals surface area contributed by atoms with E-state index >= 15 is 0 Å². The monoisotopic (exact) mass is 392 g/mol. The molecule has 4 nitrogen and oxygen atoms in total. The molecule has 0 bridgehead atoms. The van der Waals surface area contributed by atoms with Gasteiger partial charge in [-0.3, -0.25) is 4.72 Å². The van der Waals surface area contributed by atoms with Crippen LogP contribution in [0.4, 0.5) is 10.1 Å². The van der Waals surface area contributed by atoms with Crippen molar-refractivity contribution < 1.29 is 12.8 Å². The predicted molar refractivity (Wildman–Crippen MR) is 84.3 cm³/mol. The van der Waals surface area contributed by atoms with E-state index in [2.05, 4.69) is 20.7 Å². The largest absolute Gasteiger partial charge is 0.326 e. The number of nitrogens with two attached hydrogens (primary N) is 1. The summed E-state index contributed by atoms with van der Waals surface area (Å²) >= 11 is 8.91. The number of rotatable bonds is 4. The van der Waals surface area contributed by atoms with Crippen molar-refractivity contribution in [1.82, 2.24) is 0 Å². The normalized spacial score (nSPS) is 11.4. The molecule has 0 fully saturated rings. The highest BCUT2D eigenvalue weighted by Gasteiger charge is 2.20. The van der Waals surface area contributed by atoms with Crippen molar-refractivity contribution in [2.45, 2.75) is 11.4 Å². The Balaban J connectivity index is 2.45. The molecule has 0 aliphatic heterocycles. The van der Waals surface area contributed by atoms with Crippen LogP contribution in [0.3, 0.4) is 0 Å². The third kappa shape index (κ3) is 3.74. The minimum absolute atomic E-state index is 0.0233. The van der Waals surface area contributed by atoms with Crippen LogP contribution < -0.4 is 10.5 Å². The zero-order valence-corrected chi connectivity index (χ0v) is 13.8. The number of hydrogen-bond donors (Lipinski definition) is 2. The Morgan fingerprint density at radius 1 is 1.24 bits per heavy atom. The van der Waals surface area contributed by atoms with Gasteiger partial charge < -0.3 is 5.73 Å². The maximum Gasteiger partial charge on any atom is 0.263 e. The number of nitrogens with one attached hydrogen (secondary N) is 1. The summed E-state index contributed by atoms with van der Waals surface area (Å²) in [6.45, 7) is 0.196. The van der Waals surface area contributed by atoms with Gasteiger partial charge in [0.05, 0.1) is 5.69 Å². The average Bonchev–Trinajstić information content (AvgIpc) is 2.43. The standard InChI is InChI=1S/C13H11BrClFN2O2S/c14-10-3-1-8(7-17)5-13(10)21(19,20)18-12-6-9(15)2-4-11(12)16/h1-6,18H,7,17H2. The Bertz CT molecular complexity index is 784. The quantitative estimate of drug-likeness (QED) is 0.835. The number of hydrogen-bond acceptors (Lipinski definition) is 3. The molecule has 0 saturated carbocycles. The fourth-order valence-corrected chi connectivity index (χ4v) is 3.90. The fraction of sp³-hybridized carbons (Fsp3) is 0.0769. The molecule has 0 heterocycles. The van der Waals surface area contributed by atoms with E-state index in [4.69, 9.17) is 17.3 Å². The fourth-order valence-electron chi connectivity index (χ4n) is 1.66. The van der Waals surface area contributed by atoms with Crippen LogP contribution in [0.5, 0.6) is 0 Å². The number of sulfonamides is 1. The maximum absolute atomic E-state index is 13.6. The van der Waals surface area contributed by atoms with E-state index < -0.39 is 15.8 Å². The van der Waals surface area contributed by atoms with Gasteiger partial charge in [-0.05, 0) is 51.8 Å². The Labute approximate surface area is 135 Å². The number of halogens is 3. The second-order valence-corrected chi connectivity index (χ2v) is 7.14. The zero-order chi connectivity index (χ0) is 15.6. The first-order valence-electron chi connectivity index (χ1n) is 5.80. The summed E-state index contributed by atoms with van der Waals surface area (Å²) in [7, 11) is -3.97. The molecule has 0 aliphatic carbocycles. The van der Waals surface area contributed by atoms with Gasteiger partial charge in [0.2, 0.25) is 0 Å². The summed E-state index contributed by atoms with van der Waals surface area (Å²) in [6, 6.07) is 8.32. The van der Waals surface area contributed by atoms with E-state index in [-0.39, 0.29) is 22.2 Å². The average molecular weight is 394 g/mol. The molecule has 0 unspecified atom stereocenters. The Hall–Kier alpha value is -1.15. The molecular formula is C13H11BrClFN2O2S. The summed E-state index contributed by atoms with van der Waals surface area (Å²) in [5, 5.41) is 0.226. The molecule has 2 aromatic rings. The van der Waals surface area contributed by atoms with Gasteiger partial charge >= 0.3 is 0 Å². The summed E-state index contributed by atoms with van der Waals surface area (Å²) in [6.07, 6.45) is 0. The van der Waals surface area contributed by atoms with Gasteiger partial charge in [-0.1, -0.05) is 17.7 Å². The van der Waals surface area contributed by atoms with Crippen LogP contribution in [0.2, 0.25) is 5.02 Å². The van der Waals surface area contributed by atoms with Crippen LogP contribution in [0.25, 0.3) is 0 Å². The lowest BCUT2D eigenvalue weighted by atomic mass is 10.2. The molecule has 2 aromatic carbocycles. The van der Waals surface area contributed by atoms with Crippen molar-refractivity contribution in [2.24, 2.45) is 5.73 Å². The third-order valence-electron chi connectivity index (χ3n) is 2.69. The second-order valence-electron chi connectivity index (χ2n) is 4.20. The molecule has 0 atom stereocenters. The summed E-state index contributed by atoms with van der Waals surface area (Å²) in [5.41, 5.74) is 5.93. The smallest absolute Gasteiger partial charge is 0.263 e. The summed E-state index contributed by atoms with van der Waals surface area (Å²) in [4.78, 5) is -0.0233. The van der Waals surface area contributed by atoms with Gasteiger partial charge in [0.1, 0.15) is 10.7 Å². The molecule has 21 heavy (non-hydrogen) atoms. The van der Waals surface area contributed by atoms with Crippen molar-refractivity contribution in [2.75, 3.05) is 4.72 Å². The summed E-state index contributed by atoms with van der Waals surface area (Å²) < 4.78 is 40.9. The molecule has 0 amide bonds. The minimum atomic E-state index is -3.97. The highest BCUT2D eigenvalue weighted by Crippen LogP contribution is 2.27. The second kappa shape index (κ2) is 6.31. The molecule has 3 N–H and O–H groups in total. The van der Waals surface area contributed by atoms with E-state index in [0.29, 0.717) is 10.0 Å². The topological polar surface area (TPSA) is 72.2 Å². The van der Waals surface area contributed by atoms with Gasteiger partial charge in [0, 0.05) is 16.0 Å². The van der Waals surface area contributed by atoms with Crippen molar-refractivity contribution in [3.63, 3.8) is 0 Å². The molecule has 0 spiro atoms. The molecule has 2 rings (SSSR count). The van der Waals surface area contributed by atoms with Crippen LogP contribution >= 0.6 is 27.5 Å². The lowest BCUT2D eigenvalue weighted by molar-refractivity contribution is 0.598. The first-order chi connectivity index (χ1) is 9.83.